The number of hydrazone groups is 1. The standard InChI is InChI=1S/C14H17N3O2/c1-4-14(3)12(18)17(13(19)16-14)15-9-11-7-5-10(2)6-8-11/h5-9H,4H2,1-3H3,(H,16,19)/b15-9+. The fourth-order valence-electron chi connectivity index (χ4n) is 1.79. The number of nitrogens with zero attached hydrogens (tertiary/aromatic N) is 2. The molecular weight excluding hydrogens is 242 g/mol. The number of imide groups is 1. The van der Waals surface area contributed by atoms with Gasteiger partial charge in [-0.2, -0.15) is 5.10 Å². The molecule has 1 aromatic rings. The molecule has 0 bridgehead atoms. The van der Waals surface area contributed by atoms with Gasteiger partial charge in [0, 0.05) is 0 Å². The average Bonchev–Trinajstić information content (AvgIpc) is 2.61. The zero-order chi connectivity index (χ0) is 14.0. The first-order valence-corrected chi connectivity index (χ1v) is 6.23. The highest BCUT2D eigenvalue weighted by Gasteiger charge is 2.46. The molecule has 1 fully saturated rings. The number of amides is 3. The van der Waals surface area contributed by atoms with Crippen LogP contribution in [0.4, 0.5) is 4.79 Å². The van der Waals surface area contributed by atoms with Gasteiger partial charge in [0.15, 0.2) is 0 Å². The van der Waals surface area contributed by atoms with Crippen molar-refractivity contribution in [3.63, 3.8) is 0 Å². The second kappa shape index (κ2) is 4.84. The Balaban J connectivity index is 2.17. The van der Waals surface area contributed by atoms with Crippen molar-refractivity contribution >= 4 is 18.2 Å². The number of aryl methyl sites for hydroxylation is 1. The highest BCUT2D eigenvalue weighted by atomic mass is 16.2. The van der Waals surface area contributed by atoms with Crippen molar-refractivity contribution in [2.75, 3.05) is 0 Å². The molecule has 5 nitrogen and oxygen atoms in total. The highest BCUT2D eigenvalue weighted by Crippen LogP contribution is 2.20. The monoisotopic (exact) mass is 259 g/mol. The van der Waals surface area contributed by atoms with Crippen molar-refractivity contribution < 1.29 is 9.59 Å². The Bertz CT molecular complexity index is 536. The lowest BCUT2D eigenvalue weighted by Crippen LogP contribution is -2.42. The molecule has 1 saturated heterocycles. The number of carbonyl (C=O) groups excluding carboxylic acids is 2. The van der Waals surface area contributed by atoms with Crippen LogP contribution in [0.5, 0.6) is 0 Å². The van der Waals surface area contributed by atoms with Crippen LogP contribution in [0.15, 0.2) is 29.4 Å². The van der Waals surface area contributed by atoms with Crippen LogP contribution < -0.4 is 5.32 Å². The molecule has 2 rings (SSSR count). The molecule has 1 heterocycles. The predicted molar refractivity (Wildman–Crippen MR) is 72.8 cm³/mol. The van der Waals surface area contributed by atoms with E-state index < -0.39 is 11.6 Å². The smallest absolute Gasteiger partial charge is 0.322 e. The molecule has 0 aromatic heterocycles. The Hall–Kier alpha value is -2.17. The van der Waals surface area contributed by atoms with Gasteiger partial charge in [0.1, 0.15) is 5.54 Å². The summed E-state index contributed by atoms with van der Waals surface area (Å²) >= 11 is 0. The fraction of sp³-hybridized carbons (Fsp3) is 0.357. The van der Waals surface area contributed by atoms with Gasteiger partial charge in [0.25, 0.3) is 5.91 Å². The number of urea groups is 1. The van der Waals surface area contributed by atoms with Crippen molar-refractivity contribution in [2.24, 2.45) is 5.10 Å². The first-order valence-electron chi connectivity index (χ1n) is 6.23. The molecule has 1 unspecified atom stereocenters. The van der Waals surface area contributed by atoms with E-state index in [4.69, 9.17) is 0 Å². The van der Waals surface area contributed by atoms with Crippen LogP contribution in [0.1, 0.15) is 31.4 Å². The largest absolute Gasteiger partial charge is 0.346 e. The van der Waals surface area contributed by atoms with E-state index in [-0.39, 0.29) is 5.91 Å². The Kier molecular flexibility index (Phi) is 3.38. The van der Waals surface area contributed by atoms with Gasteiger partial charge in [-0.05, 0) is 25.8 Å². The van der Waals surface area contributed by atoms with Gasteiger partial charge in [0.05, 0.1) is 6.21 Å². The van der Waals surface area contributed by atoms with Gasteiger partial charge >= 0.3 is 6.03 Å². The normalized spacial score (nSPS) is 23.2. The minimum absolute atomic E-state index is 0.316. The maximum absolute atomic E-state index is 12.1. The molecule has 1 aliphatic heterocycles. The van der Waals surface area contributed by atoms with Gasteiger partial charge < -0.3 is 5.32 Å². The van der Waals surface area contributed by atoms with E-state index in [1.165, 1.54) is 6.21 Å². The minimum atomic E-state index is -0.846. The highest BCUT2D eigenvalue weighted by molar-refractivity contribution is 6.07. The van der Waals surface area contributed by atoms with Gasteiger partial charge in [-0.3, -0.25) is 4.79 Å². The van der Waals surface area contributed by atoms with Crippen molar-refractivity contribution in [2.45, 2.75) is 32.7 Å². The molecule has 1 aromatic carbocycles. The third-order valence-electron chi connectivity index (χ3n) is 3.35. The molecule has 0 saturated carbocycles. The van der Waals surface area contributed by atoms with Crippen LogP contribution in [0.2, 0.25) is 0 Å². The molecule has 100 valence electrons. The summed E-state index contributed by atoms with van der Waals surface area (Å²) in [5.74, 6) is -0.316. The lowest BCUT2D eigenvalue weighted by molar-refractivity contribution is -0.130. The summed E-state index contributed by atoms with van der Waals surface area (Å²) in [6.07, 6.45) is 2.05. The lowest BCUT2D eigenvalue weighted by Gasteiger charge is -2.17. The SMILES string of the molecule is CCC1(C)NC(=O)N(/N=C/c2ccc(C)cc2)C1=O. The van der Waals surface area contributed by atoms with Gasteiger partial charge in [-0.15, -0.1) is 5.01 Å². The molecular formula is C14H17N3O2. The van der Waals surface area contributed by atoms with Crippen molar-refractivity contribution in [3.05, 3.63) is 35.4 Å². The topological polar surface area (TPSA) is 61.8 Å². The first-order chi connectivity index (χ1) is 8.96. The second-order valence-corrected chi connectivity index (χ2v) is 4.89. The average molecular weight is 259 g/mol. The van der Waals surface area contributed by atoms with Crippen LogP contribution in [-0.4, -0.2) is 28.7 Å². The lowest BCUT2D eigenvalue weighted by atomic mass is 10.00. The van der Waals surface area contributed by atoms with Gasteiger partial charge in [-0.1, -0.05) is 36.8 Å². The quantitative estimate of drug-likeness (QED) is 0.667. The molecule has 1 aliphatic rings. The Morgan fingerprint density at radius 3 is 2.47 bits per heavy atom. The van der Waals surface area contributed by atoms with Crippen molar-refractivity contribution in [1.29, 1.82) is 0 Å². The Morgan fingerprint density at radius 2 is 1.95 bits per heavy atom. The van der Waals surface area contributed by atoms with Crippen LogP contribution >= 0.6 is 0 Å². The summed E-state index contributed by atoms with van der Waals surface area (Å²) in [6, 6.07) is 7.19. The first kappa shape index (κ1) is 13.3. The van der Waals surface area contributed by atoms with E-state index >= 15 is 0 Å². The van der Waals surface area contributed by atoms with Crippen LogP contribution in [0.3, 0.4) is 0 Å². The number of carbonyl (C=O) groups is 2. The third kappa shape index (κ3) is 2.50. The zero-order valence-corrected chi connectivity index (χ0v) is 11.3. The number of nitrogens with one attached hydrogen (secondary N) is 1. The molecule has 5 heteroatoms. The molecule has 0 spiro atoms. The summed E-state index contributed by atoms with van der Waals surface area (Å²) in [5, 5.41) is 7.52. The molecule has 0 aliphatic carbocycles. The Labute approximate surface area is 112 Å². The number of rotatable bonds is 3. The predicted octanol–water partition coefficient (Wildman–Crippen LogP) is 2.05. The van der Waals surface area contributed by atoms with E-state index in [1.54, 1.807) is 6.92 Å². The third-order valence-corrected chi connectivity index (χ3v) is 3.35. The maximum atomic E-state index is 12.1. The van der Waals surface area contributed by atoms with Crippen molar-refractivity contribution in [1.82, 2.24) is 10.3 Å². The summed E-state index contributed by atoms with van der Waals surface area (Å²) in [7, 11) is 0. The van der Waals surface area contributed by atoms with E-state index in [0.717, 1.165) is 16.1 Å². The minimum Gasteiger partial charge on any atom is -0.322 e. The number of hydrogen-bond donors (Lipinski definition) is 1. The van der Waals surface area contributed by atoms with E-state index in [9.17, 15) is 9.59 Å². The fourth-order valence-corrected chi connectivity index (χ4v) is 1.79. The van der Waals surface area contributed by atoms with Crippen LogP contribution in [-0.2, 0) is 4.79 Å². The number of benzene rings is 1. The zero-order valence-electron chi connectivity index (χ0n) is 11.3. The summed E-state index contributed by atoms with van der Waals surface area (Å²) in [4.78, 5) is 23.8. The second-order valence-electron chi connectivity index (χ2n) is 4.89. The molecule has 1 atom stereocenters. The van der Waals surface area contributed by atoms with Gasteiger partial charge in [-0.25, -0.2) is 4.79 Å². The molecule has 0 radical (unpaired) electrons. The van der Waals surface area contributed by atoms with Crippen molar-refractivity contribution in [3.8, 4) is 0 Å². The maximum Gasteiger partial charge on any atom is 0.346 e. The summed E-state index contributed by atoms with van der Waals surface area (Å²) < 4.78 is 0. The van der Waals surface area contributed by atoms with Crippen LogP contribution in [0.25, 0.3) is 0 Å². The number of hydrogen-bond acceptors (Lipinski definition) is 3. The summed E-state index contributed by atoms with van der Waals surface area (Å²) in [6.45, 7) is 5.55. The van der Waals surface area contributed by atoms with E-state index in [0.29, 0.717) is 6.42 Å². The van der Waals surface area contributed by atoms with E-state index in [2.05, 4.69) is 10.4 Å². The molecule has 1 N–H and O–H groups in total. The molecule has 3 amide bonds. The Morgan fingerprint density at radius 1 is 1.32 bits per heavy atom. The van der Waals surface area contributed by atoms with Crippen LogP contribution in [0, 0.1) is 6.92 Å². The summed E-state index contributed by atoms with van der Waals surface area (Å²) in [5.41, 5.74) is 1.14. The van der Waals surface area contributed by atoms with Gasteiger partial charge in [0.2, 0.25) is 0 Å². The molecule has 19 heavy (non-hydrogen) atoms. The van der Waals surface area contributed by atoms with E-state index in [1.807, 2.05) is 38.1 Å².